The molecule has 3 aromatic rings. The van der Waals surface area contributed by atoms with E-state index < -0.39 is 0 Å². The second kappa shape index (κ2) is 7.94. The van der Waals surface area contributed by atoms with Gasteiger partial charge in [0.1, 0.15) is 0 Å². The Morgan fingerprint density at radius 2 is 1.61 bits per heavy atom. The van der Waals surface area contributed by atoms with E-state index in [-0.39, 0.29) is 7.43 Å². The summed E-state index contributed by atoms with van der Waals surface area (Å²) in [6.45, 7) is 4.00. The molecule has 1 aliphatic rings. The Kier molecular flexibility index (Phi) is 6.20. The van der Waals surface area contributed by atoms with Crippen LogP contribution in [-0.2, 0) is 0 Å². The van der Waals surface area contributed by atoms with Gasteiger partial charge in [0.2, 0.25) is 0 Å². The first-order chi connectivity index (χ1) is 10.8. The molecule has 0 bridgehead atoms. The first kappa shape index (κ1) is 18.0. The Hall–Kier alpha value is -1.38. The molecule has 2 heteroatoms. The van der Waals surface area contributed by atoms with Crippen molar-refractivity contribution in [3.05, 3.63) is 56.7 Å². The summed E-state index contributed by atoms with van der Waals surface area (Å²) in [5.74, 6) is 0. The van der Waals surface area contributed by atoms with Crippen LogP contribution in [0.3, 0.4) is 0 Å². The predicted octanol–water partition coefficient (Wildman–Crippen LogP) is 6.35. The second-order valence-corrected chi connectivity index (χ2v) is 7.02. The normalized spacial score (nSPS) is 12.1. The van der Waals surface area contributed by atoms with Gasteiger partial charge in [-0.25, -0.2) is 0 Å². The summed E-state index contributed by atoms with van der Waals surface area (Å²) in [6.07, 6.45) is 7.11. The van der Waals surface area contributed by atoms with E-state index in [9.17, 15) is 0 Å². The van der Waals surface area contributed by atoms with Crippen LogP contribution in [-0.4, -0.2) is 0 Å². The van der Waals surface area contributed by atoms with E-state index in [0.29, 0.717) is 0 Å². The fourth-order valence-corrected chi connectivity index (χ4v) is 4.39. The summed E-state index contributed by atoms with van der Waals surface area (Å²) < 4.78 is 3.98. The van der Waals surface area contributed by atoms with E-state index >= 15 is 0 Å². The third-order valence-electron chi connectivity index (χ3n) is 3.78. The molecule has 120 valence electrons. The van der Waals surface area contributed by atoms with E-state index in [2.05, 4.69) is 70.5 Å². The Labute approximate surface area is 151 Å². The Bertz CT molecular complexity index is 901. The van der Waals surface area contributed by atoms with Crippen LogP contribution in [0.2, 0.25) is 0 Å². The highest BCUT2D eigenvalue weighted by molar-refractivity contribution is 9.10. The van der Waals surface area contributed by atoms with Crippen molar-refractivity contribution in [1.29, 1.82) is 0 Å². The van der Waals surface area contributed by atoms with E-state index in [4.69, 9.17) is 0 Å². The number of rotatable bonds is 1. The molecular formula is C21H23BrS. The number of benzene rings is 2. The highest BCUT2D eigenvalue weighted by Crippen LogP contribution is 2.30. The zero-order valence-corrected chi connectivity index (χ0v) is 15.3. The molecule has 0 radical (unpaired) electrons. The molecule has 0 saturated carbocycles. The summed E-state index contributed by atoms with van der Waals surface area (Å²) in [7, 11) is 0. The molecule has 0 nitrogen and oxygen atoms in total. The maximum absolute atomic E-state index is 3.51. The Balaban J connectivity index is 0.000000617. The van der Waals surface area contributed by atoms with Crippen molar-refractivity contribution in [2.75, 3.05) is 0 Å². The van der Waals surface area contributed by atoms with Crippen LogP contribution in [0.5, 0.6) is 0 Å². The van der Waals surface area contributed by atoms with Gasteiger partial charge in [-0.3, -0.25) is 0 Å². The van der Waals surface area contributed by atoms with Gasteiger partial charge in [-0.1, -0.05) is 79.7 Å². The monoisotopic (exact) mass is 386 g/mol. The number of hydrogen-bond acceptors (Lipinski definition) is 1. The lowest BCUT2D eigenvalue weighted by atomic mass is 10.0. The van der Waals surface area contributed by atoms with E-state index in [1.165, 1.54) is 43.8 Å². The molecule has 0 aliphatic heterocycles. The van der Waals surface area contributed by atoms with Crippen LogP contribution in [0.25, 0.3) is 33.4 Å². The quantitative estimate of drug-likeness (QED) is 0.457. The molecule has 4 rings (SSSR count). The molecule has 0 unspecified atom stereocenters. The van der Waals surface area contributed by atoms with Crippen LogP contribution in [0, 0.1) is 0 Å². The van der Waals surface area contributed by atoms with Gasteiger partial charge in [-0.2, -0.15) is 0 Å². The highest BCUT2D eigenvalue weighted by atomic mass is 79.9. The number of thiophene rings is 1. The van der Waals surface area contributed by atoms with E-state index in [1.807, 2.05) is 25.2 Å². The van der Waals surface area contributed by atoms with E-state index in [1.54, 1.807) is 0 Å². The van der Waals surface area contributed by atoms with Gasteiger partial charge in [0, 0.05) is 19.1 Å². The third kappa shape index (κ3) is 3.44. The molecule has 1 heterocycles. The van der Waals surface area contributed by atoms with Crippen LogP contribution in [0.15, 0.2) is 46.9 Å². The molecule has 1 aliphatic carbocycles. The zero-order chi connectivity index (χ0) is 15.5. The van der Waals surface area contributed by atoms with Crippen molar-refractivity contribution in [2.45, 2.75) is 34.1 Å². The predicted molar refractivity (Wildman–Crippen MR) is 110 cm³/mol. The minimum Gasteiger partial charge on any atom is -0.135 e. The minimum absolute atomic E-state index is 0. The van der Waals surface area contributed by atoms with Crippen LogP contribution in [0.4, 0.5) is 0 Å². The largest absolute Gasteiger partial charge is 0.135 e. The lowest BCUT2D eigenvalue weighted by Gasteiger charge is -2.03. The van der Waals surface area contributed by atoms with Crippen molar-refractivity contribution >= 4 is 49.5 Å². The second-order valence-electron chi connectivity index (χ2n) is 5.05. The smallest absolute Gasteiger partial charge is 0.0433 e. The molecule has 1 aromatic heterocycles. The molecule has 23 heavy (non-hydrogen) atoms. The summed E-state index contributed by atoms with van der Waals surface area (Å²) in [6, 6.07) is 15.3. The molecule has 2 aromatic carbocycles. The average molecular weight is 387 g/mol. The van der Waals surface area contributed by atoms with Crippen LogP contribution in [0.1, 0.15) is 34.1 Å². The summed E-state index contributed by atoms with van der Waals surface area (Å²) in [4.78, 5) is 0. The maximum Gasteiger partial charge on any atom is 0.0433 e. The maximum atomic E-state index is 3.51. The first-order valence-electron chi connectivity index (χ1n) is 7.81. The number of halogens is 1. The summed E-state index contributed by atoms with van der Waals surface area (Å²) >= 11 is 5.43. The van der Waals surface area contributed by atoms with Crippen molar-refractivity contribution in [3.8, 4) is 11.1 Å². The molecule has 0 atom stereocenters. The van der Waals surface area contributed by atoms with E-state index in [0.717, 1.165) is 4.47 Å². The third-order valence-corrected chi connectivity index (χ3v) is 5.56. The lowest BCUT2D eigenvalue weighted by Crippen LogP contribution is -2.20. The van der Waals surface area contributed by atoms with Crippen molar-refractivity contribution < 1.29 is 0 Å². The zero-order valence-electron chi connectivity index (χ0n) is 12.9. The fourth-order valence-electron chi connectivity index (χ4n) is 2.82. The summed E-state index contributed by atoms with van der Waals surface area (Å²) in [5, 5.41) is 2.84. The van der Waals surface area contributed by atoms with Crippen molar-refractivity contribution in [2.24, 2.45) is 0 Å². The van der Waals surface area contributed by atoms with Crippen molar-refractivity contribution in [3.63, 3.8) is 0 Å². The number of hydrogen-bond donors (Lipinski definition) is 0. The molecule has 0 amide bonds. The Morgan fingerprint density at radius 1 is 0.913 bits per heavy atom. The SMILES string of the molecule is Brc1ccc(-c2cccc3c4c(sc23)=CCCC=4)cc1.C.CC. The molecule has 0 fully saturated rings. The van der Waals surface area contributed by atoms with Gasteiger partial charge in [0.25, 0.3) is 0 Å². The first-order valence-corrected chi connectivity index (χ1v) is 9.42. The average Bonchev–Trinajstić information content (AvgIpc) is 2.96. The highest BCUT2D eigenvalue weighted by Gasteiger charge is 2.09. The van der Waals surface area contributed by atoms with Gasteiger partial charge < -0.3 is 0 Å². The van der Waals surface area contributed by atoms with Gasteiger partial charge in [-0.05, 0) is 41.3 Å². The minimum atomic E-state index is 0. The molecule has 0 spiro atoms. The van der Waals surface area contributed by atoms with Gasteiger partial charge in [0.05, 0.1) is 0 Å². The van der Waals surface area contributed by atoms with Crippen molar-refractivity contribution in [1.82, 2.24) is 0 Å². The number of fused-ring (bicyclic) bond motifs is 3. The van der Waals surface area contributed by atoms with Crippen LogP contribution < -0.4 is 9.75 Å². The van der Waals surface area contributed by atoms with Gasteiger partial charge >= 0.3 is 0 Å². The topological polar surface area (TPSA) is 0 Å². The molecular weight excluding hydrogens is 364 g/mol. The van der Waals surface area contributed by atoms with Gasteiger partial charge in [0.15, 0.2) is 0 Å². The summed E-state index contributed by atoms with van der Waals surface area (Å²) in [5.41, 5.74) is 2.63. The molecule has 0 N–H and O–H groups in total. The lowest BCUT2D eigenvalue weighted by molar-refractivity contribution is 1.13. The Morgan fingerprint density at radius 3 is 2.35 bits per heavy atom. The standard InChI is InChI=1S/C18H13BrS.C2H6.CH4/c19-13-10-8-12(9-11-13)14-5-3-6-16-15-4-1-2-7-17(15)20-18(14)16;1-2;/h3-11H,1-2H2;1-2H3;1H4. The fraction of sp³-hybridized carbons (Fsp3) is 0.238. The van der Waals surface area contributed by atoms with Crippen LogP contribution >= 0.6 is 27.3 Å². The van der Waals surface area contributed by atoms with Gasteiger partial charge in [-0.15, -0.1) is 11.3 Å². The molecule has 0 saturated heterocycles.